The van der Waals surface area contributed by atoms with E-state index < -0.39 is 0 Å². The zero-order valence-electron chi connectivity index (χ0n) is 14.4. The van der Waals surface area contributed by atoms with Crippen molar-refractivity contribution in [2.75, 3.05) is 11.9 Å². The topological polar surface area (TPSA) is 38.3 Å². The Labute approximate surface area is 152 Å². The number of anilines is 1. The fourth-order valence-corrected chi connectivity index (χ4v) is 2.78. The van der Waals surface area contributed by atoms with Crippen molar-refractivity contribution in [3.05, 3.63) is 58.1 Å². The van der Waals surface area contributed by atoms with Crippen LogP contribution < -0.4 is 10.1 Å². The van der Waals surface area contributed by atoms with Crippen molar-refractivity contribution in [2.45, 2.75) is 39.5 Å². The van der Waals surface area contributed by atoms with Crippen LogP contribution in [0.15, 0.2) is 46.9 Å². The van der Waals surface area contributed by atoms with Crippen molar-refractivity contribution in [1.29, 1.82) is 0 Å². The van der Waals surface area contributed by atoms with E-state index in [0.29, 0.717) is 25.4 Å². The lowest BCUT2D eigenvalue weighted by Crippen LogP contribution is -2.12. The molecule has 0 radical (unpaired) electrons. The summed E-state index contributed by atoms with van der Waals surface area (Å²) in [6.07, 6.45) is 1.12. The lowest BCUT2D eigenvalue weighted by atomic mass is 10.0. The van der Waals surface area contributed by atoms with Gasteiger partial charge in [-0.3, -0.25) is 4.79 Å². The standard InChI is InChI=1S/C20H24BrNO2/c1-14(2)16-8-11-19(18(21)13-16)24-12-4-5-20(23)22-17-9-6-15(3)7-10-17/h6-11,13-14H,4-5,12H2,1-3H3,(H,22,23). The van der Waals surface area contributed by atoms with Gasteiger partial charge in [0.2, 0.25) is 5.91 Å². The lowest BCUT2D eigenvalue weighted by Gasteiger charge is -2.11. The smallest absolute Gasteiger partial charge is 0.224 e. The Kier molecular flexibility index (Phi) is 6.85. The van der Waals surface area contributed by atoms with E-state index in [9.17, 15) is 4.79 Å². The van der Waals surface area contributed by atoms with Gasteiger partial charge in [-0.15, -0.1) is 0 Å². The first-order chi connectivity index (χ1) is 11.5. The van der Waals surface area contributed by atoms with Gasteiger partial charge >= 0.3 is 0 Å². The maximum Gasteiger partial charge on any atom is 0.224 e. The Morgan fingerprint density at radius 1 is 1.17 bits per heavy atom. The summed E-state index contributed by atoms with van der Waals surface area (Å²) in [5.74, 6) is 1.32. The van der Waals surface area contributed by atoms with Crippen LogP contribution in [-0.4, -0.2) is 12.5 Å². The number of ether oxygens (including phenoxy) is 1. The highest BCUT2D eigenvalue weighted by atomic mass is 79.9. The van der Waals surface area contributed by atoms with Crippen LogP contribution in [0, 0.1) is 6.92 Å². The highest BCUT2D eigenvalue weighted by Gasteiger charge is 2.06. The largest absolute Gasteiger partial charge is 0.492 e. The Bertz CT molecular complexity index is 681. The van der Waals surface area contributed by atoms with E-state index in [0.717, 1.165) is 15.9 Å². The molecule has 0 heterocycles. The van der Waals surface area contributed by atoms with Crippen molar-refractivity contribution >= 4 is 27.5 Å². The van der Waals surface area contributed by atoms with Crippen LogP contribution in [0.3, 0.4) is 0 Å². The molecule has 0 aliphatic carbocycles. The first-order valence-corrected chi connectivity index (χ1v) is 9.04. The van der Waals surface area contributed by atoms with E-state index in [1.807, 2.05) is 37.3 Å². The number of benzene rings is 2. The van der Waals surface area contributed by atoms with Crippen LogP contribution in [-0.2, 0) is 4.79 Å². The van der Waals surface area contributed by atoms with Gasteiger partial charge in [-0.25, -0.2) is 0 Å². The number of hydrogen-bond donors (Lipinski definition) is 1. The molecule has 0 aliphatic rings. The van der Waals surface area contributed by atoms with Crippen molar-refractivity contribution < 1.29 is 9.53 Å². The van der Waals surface area contributed by atoms with Gasteiger partial charge in [0, 0.05) is 12.1 Å². The maximum atomic E-state index is 11.9. The number of rotatable bonds is 7. The summed E-state index contributed by atoms with van der Waals surface area (Å²) in [6, 6.07) is 13.9. The fraction of sp³-hybridized carbons (Fsp3) is 0.350. The first kappa shape index (κ1) is 18.5. The molecular formula is C20H24BrNO2. The van der Waals surface area contributed by atoms with Gasteiger partial charge in [-0.2, -0.15) is 0 Å². The zero-order valence-corrected chi connectivity index (χ0v) is 16.0. The minimum Gasteiger partial charge on any atom is -0.492 e. The molecule has 1 N–H and O–H groups in total. The Hall–Kier alpha value is -1.81. The Morgan fingerprint density at radius 3 is 2.50 bits per heavy atom. The molecule has 0 saturated heterocycles. The summed E-state index contributed by atoms with van der Waals surface area (Å²) in [5.41, 5.74) is 3.28. The van der Waals surface area contributed by atoms with Crippen molar-refractivity contribution in [2.24, 2.45) is 0 Å². The van der Waals surface area contributed by atoms with E-state index in [1.165, 1.54) is 11.1 Å². The molecule has 2 aromatic rings. The molecule has 0 saturated carbocycles. The molecule has 128 valence electrons. The molecule has 2 rings (SSSR count). The van der Waals surface area contributed by atoms with Gasteiger partial charge in [-0.1, -0.05) is 37.6 Å². The molecule has 0 fully saturated rings. The van der Waals surface area contributed by atoms with Crippen molar-refractivity contribution in [3.63, 3.8) is 0 Å². The third-order valence-electron chi connectivity index (χ3n) is 3.76. The Morgan fingerprint density at radius 2 is 1.88 bits per heavy atom. The highest BCUT2D eigenvalue weighted by molar-refractivity contribution is 9.10. The summed E-state index contributed by atoms with van der Waals surface area (Å²) >= 11 is 3.54. The predicted molar refractivity (Wildman–Crippen MR) is 103 cm³/mol. The van der Waals surface area contributed by atoms with E-state index in [2.05, 4.69) is 47.2 Å². The second-order valence-electron chi connectivity index (χ2n) is 6.21. The SMILES string of the molecule is Cc1ccc(NC(=O)CCCOc2ccc(C(C)C)cc2Br)cc1. The van der Waals surface area contributed by atoms with Crippen molar-refractivity contribution in [3.8, 4) is 5.75 Å². The van der Waals surface area contributed by atoms with Gasteiger partial charge in [0.1, 0.15) is 5.75 Å². The van der Waals surface area contributed by atoms with Crippen molar-refractivity contribution in [1.82, 2.24) is 0 Å². The van der Waals surface area contributed by atoms with Gasteiger partial charge in [0.15, 0.2) is 0 Å². The van der Waals surface area contributed by atoms with E-state index in [-0.39, 0.29) is 5.91 Å². The third-order valence-corrected chi connectivity index (χ3v) is 4.38. The molecule has 2 aromatic carbocycles. The molecule has 1 amide bonds. The molecule has 0 aliphatic heterocycles. The predicted octanol–water partition coefficient (Wildman–Crippen LogP) is 5.68. The van der Waals surface area contributed by atoms with Gasteiger partial charge < -0.3 is 10.1 Å². The molecule has 0 unspecified atom stereocenters. The summed E-state index contributed by atoms with van der Waals surface area (Å²) in [6.45, 7) is 6.86. The van der Waals surface area contributed by atoms with E-state index >= 15 is 0 Å². The molecule has 0 atom stereocenters. The number of halogens is 1. The summed E-state index contributed by atoms with van der Waals surface area (Å²) in [5, 5.41) is 2.90. The molecule has 0 aromatic heterocycles. The first-order valence-electron chi connectivity index (χ1n) is 8.24. The minimum absolute atomic E-state index is 0.0108. The monoisotopic (exact) mass is 389 g/mol. The van der Waals surface area contributed by atoms with Crippen LogP contribution >= 0.6 is 15.9 Å². The number of hydrogen-bond acceptors (Lipinski definition) is 2. The number of carbonyl (C=O) groups is 1. The minimum atomic E-state index is 0.0108. The molecule has 3 nitrogen and oxygen atoms in total. The summed E-state index contributed by atoms with van der Waals surface area (Å²) in [7, 11) is 0. The number of carbonyl (C=O) groups excluding carboxylic acids is 1. The molecule has 0 spiro atoms. The van der Waals surface area contributed by atoms with Crippen LogP contribution in [0.2, 0.25) is 0 Å². The number of aryl methyl sites for hydroxylation is 1. The Balaban J connectivity index is 1.74. The summed E-state index contributed by atoms with van der Waals surface area (Å²) in [4.78, 5) is 11.9. The number of amides is 1. The molecule has 0 bridgehead atoms. The quantitative estimate of drug-likeness (QED) is 0.618. The molecule has 24 heavy (non-hydrogen) atoms. The summed E-state index contributed by atoms with van der Waals surface area (Å²) < 4.78 is 6.72. The van der Waals surface area contributed by atoms with E-state index in [4.69, 9.17) is 4.74 Å². The van der Waals surface area contributed by atoms with Crippen LogP contribution in [0.1, 0.15) is 43.7 Å². The second-order valence-corrected chi connectivity index (χ2v) is 7.07. The molecular weight excluding hydrogens is 366 g/mol. The maximum absolute atomic E-state index is 11.9. The van der Waals surface area contributed by atoms with Gasteiger partial charge in [0.05, 0.1) is 11.1 Å². The van der Waals surface area contributed by atoms with Crippen LogP contribution in [0.5, 0.6) is 5.75 Å². The highest BCUT2D eigenvalue weighted by Crippen LogP contribution is 2.29. The normalized spacial score (nSPS) is 10.7. The third kappa shape index (κ3) is 5.68. The van der Waals surface area contributed by atoms with Gasteiger partial charge in [-0.05, 0) is 65.0 Å². The average Bonchev–Trinajstić information content (AvgIpc) is 2.54. The van der Waals surface area contributed by atoms with Gasteiger partial charge in [0.25, 0.3) is 0 Å². The van der Waals surface area contributed by atoms with E-state index in [1.54, 1.807) is 0 Å². The zero-order chi connectivity index (χ0) is 17.5. The molecule has 4 heteroatoms. The van der Waals surface area contributed by atoms with Crippen LogP contribution in [0.25, 0.3) is 0 Å². The number of nitrogens with one attached hydrogen (secondary N) is 1. The average molecular weight is 390 g/mol. The lowest BCUT2D eigenvalue weighted by molar-refractivity contribution is -0.116. The fourth-order valence-electron chi connectivity index (χ4n) is 2.27. The second kappa shape index (κ2) is 8.88. The van der Waals surface area contributed by atoms with Crippen LogP contribution in [0.4, 0.5) is 5.69 Å².